The molecule has 1 aromatic carbocycles. The molecule has 0 aliphatic heterocycles. The highest BCUT2D eigenvalue weighted by atomic mass is 79.9. The molecule has 0 heterocycles. The van der Waals surface area contributed by atoms with Crippen molar-refractivity contribution in [1.29, 1.82) is 0 Å². The van der Waals surface area contributed by atoms with Crippen molar-refractivity contribution in [3.05, 3.63) is 34.1 Å². The van der Waals surface area contributed by atoms with Gasteiger partial charge in [-0.05, 0) is 31.0 Å². The number of carboxylic acids is 1. The summed E-state index contributed by atoms with van der Waals surface area (Å²) in [5.74, 6) is -2.03. The van der Waals surface area contributed by atoms with Crippen LogP contribution in [0.2, 0.25) is 0 Å². The van der Waals surface area contributed by atoms with Crippen molar-refractivity contribution < 1.29 is 19.4 Å². The Morgan fingerprint density at radius 1 is 1.50 bits per heavy atom. The van der Waals surface area contributed by atoms with Crippen LogP contribution < -0.4 is 0 Å². The molecule has 2 N–H and O–H groups in total. The molecule has 0 bridgehead atoms. The quantitative estimate of drug-likeness (QED) is 0.878. The summed E-state index contributed by atoms with van der Waals surface area (Å²) < 4.78 is 14.1. The summed E-state index contributed by atoms with van der Waals surface area (Å²) in [5, 5.41) is 18.8. The van der Waals surface area contributed by atoms with Gasteiger partial charge in [0.25, 0.3) is 0 Å². The van der Waals surface area contributed by atoms with E-state index in [-0.39, 0.29) is 18.4 Å². The third kappa shape index (κ3) is 1.85. The average molecular weight is 289 g/mol. The minimum Gasteiger partial charge on any atom is -0.481 e. The van der Waals surface area contributed by atoms with Crippen molar-refractivity contribution in [2.75, 3.05) is 0 Å². The Hall–Kier alpha value is -0.940. The zero-order valence-corrected chi connectivity index (χ0v) is 9.87. The van der Waals surface area contributed by atoms with E-state index in [4.69, 9.17) is 5.11 Å². The third-order valence-corrected chi connectivity index (χ3v) is 3.44. The fraction of sp³-hybridized carbons (Fsp3) is 0.364. The van der Waals surface area contributed by atoms with Crippen LogP contribution >= 0.6 is 15.9 Å². The SMILES string of the molecule is O=C(O)C1CC(O)(c2cc(Br)ccc2F)C1. The predicted octanol–water partition coefficient (Wildman–Crippen LogP) is 2.27. The lowest BCUT2D eigenvalue weighted by molar-refractivity contribution is -0.159. The maximum Gasteiger partial charge on any atom is 0.306 e. The van der Waals surface area contributed by atoms with E-state index in [1.807, 2.05) is 0 Å². The van der Waals surface area contributed by atoms with Crippen LogP contribution in [0.4, 0.5) is 4.39 Å². The normalized spacial score (nSPS) is 28.6. The zero-order chi connectivity index (χ0) is 11.9. The van der Waals surface area contributed by atoms with Crippen molar-refractivity contribution >= 4 is 21.9 Å². The summed E-state index contributed by atoms with van der Waals surface area (Å²) in [6, 6.07) is 4.29. The molecule has 16 heavy (non-hydrogen) atoms. The van der Waals surface area contributed by atoms with Crippen molar-refractivity contribution in [2.24, 2.45) is 5.92 Å². The Balaban J connectivity index is 2.26. The van der Waals surface area contributed by atoms with Gasteiger partial charge in [-0.1, -0.05) is 15.9 Å². The third-order valence-electron chi connectivity index (χ3n) is 2.95. The smallest absolute Gasteiger partial charge is 0.306 e. The maximum absolute atomic E-state index is 13.5. The average Bonchev–Trinajstić information content (AvgIpc) is 2.16. The highest BCUT2D eigenvalue weighted by Gasteiger charge is 2.48. The van der Waals surface area contributed by atoms with Crippen molar-refractivity contribution in [3.8, 4) is 0 Å². The molecule has 3 nitrogen and oxygen atoms in total. The number of aliphatic hydroxyl groups is 1. The molecule has 86 valence electrons. The first-order valence-electron chi connectivity index (χ1n) is 4.83. The lowest BCUT2D eigenvalue weighted by atomic mass is 9.67. The number of hydrogen-bond acceptors (Lipinski definition) is 2. The van der Waals surface area contributed by atoms with Gasteiger partial charge in [0.15, 0.2) is 0 Å². The van der Waals surface area contributed by atoms with E-state index in [1.54, 1.807) is 0 Å². The topological polar surface area (TPSA) is 57.5 Å². The summed E-state index contributed by atoms with van der Waals surface area (Å²) in [7, 11) is 0. The van der Waals surface area contributed by atoms with Gasteiger partial charge in [-0.25, -0.2) is 4.39 Å². The first-order chi connectivity index (χ1) is 7.42. The molecule has 0 atom stereocenters. The first-order valence-corrected chi connectivity index (χ1v) is 5.62. The van der Waals surface area contributed by atoms with Gasteiger partial charge in [0.2, 0.25) is 0 Å². The number of carbonyl (C=O) groups is 1. The summed E-state index contributed by atoms with van der Waals surface area (Å²) in [6.45, 7) is 0. The van der Waals surface area contributed by atoms with Crippen molar-refractivity contribution in [3.63, 3.8) is 0 Å². The summed E-state index contributed by atoms with van der Waals surface area (Å²) in [6.07, 6.45) is 0.130. The number of aliphatic carboxylic acids is 1. The molecule has 0 aromatic heterocycles. The van der Waals surface area contributed by atoms with Crippen molar-refractivity contribution in [1.82, 2.24) is 0 Å². The van der Waals surface area contributed by atoms with E-state index < -0.39 is 23.3 Å². The second-order valence-corrected chi connectivity index (χ2v) is 5.01. The molecule has 0 radical (unpaired) electrons. The second-order valence-electron chi connectivity index (χ2n) is 4.10. The predicted molar refractivity (Wildman–Crippen MR) is 58.4 cm³/mol. The molecule has 1 aliphatic carbocycles. The molecule has 1 fully saturated rings. The van der Waals surface area contributed by atoms with Crippen LogP contribution in [0.1, 0.15) is 18.4 Å². The number of carboxylic acid groups (broad SMARTS) is 1. The minimum atomic E-state index is -1.34. The van der Waals surface area contributed by atoms with Gasteiger partial charge in [-0.15, -0.1) is 0 Å². The molecule has 1 aromatic rings. The lowest BCUT2D eigenvalue weighted by Crippen LogP contribution is -2.45. The summed E-state index contributed by atoms with van der Waals surface area (Å²) in [4.78, 5) is 10.6. The minimum absolute atomic E-state index is 0.0652. The highest BCUT2D eigenvalue weighted by Crippen LogP contribution is 2.46. The lowest BCUT2D eigenvalue weighted by Gasteiger charge is -2.42. The fourth-order valence-corrected chi connectivity index (χ4v) is 2.37. The number of rotatable bonds is 2. The molecular formula is C11H10BrFO3. The van der Waals surface area contributed by atoms with Crippen LogP contribution in [0.3, 0.4) is 0 Å². The summed E-state index contributed by atoms with van der Waals surface area (Å²) in [5.41, 5.74) is -1.17. The van der Waals surface area contributed by atoms with E-state index >= 15 is 0 Å². The van der Waals surface area contributed by atoms with E-state index in [0.29, 0.717) is 4.47 Å². The summed E-state index contributed by atoms with van der Waals surface area (Å²) >= 11 is 3.19. The van der Waals surface area contributed by atoms with E-state index in [9.17, 15) is 14.3 Å². The van der Waals surface area contributed by atoms with Crippen LogP contribution in [0, 0.1) is 11.7 Å². The van der Waals surface area contributed by atoms with Crippen LogP contribution in [-0.2, 0) is 10.4 Å². The van der Waals surface area contributed by atoms with Gasteiger partial charge in [0, 0.05) is 10.0 Å². The van der Waals surface area contributed by atoms with Crippen LogP contribution in [0.15, 0.2) is 22.7 Å². The maximum atomic E-state index is 13.5. The van der Waals surface area contributed by atoms with E-state index in [2.05, 4.69) is 15.9 Å². The Kier molecular flexibility index (Phi) is 2.75. The van der Waals surface area contributed by atoms with Gasteiger partial charge >= 0.3 is 5.97 Å². The fourth-order valence-electron chi connectivity index (χ4n) is 2.00. The molecular weight excluding hydrogens is 279 g/mol. The van der Waals surface area contributed by atoms with Gasteiger partial charge < -0.3 is 10.2 Å². The van der Waals surface area contributed by atoms with Gasteiger partial charge in [0.05, 0.1) is 11.5 Å². The molecule has 0 spiro atoms. The standard InChI is InChI=1S/C11H10BrFO3/c12-7-1-2-9(13)8(3-7)11(16)4-6(5-11)10(14)15/h1-3,6,16H,4-5H2,(H,14,15). The van der Waals surface area contributed by atoms with Crippen LogP contribution in [0.5, 0.6) is 0 Å². The largest absolute Gasteiger partial charge is 0.481 e. The Labute approximate surface area is 100 Å². The van der Waals surface area contributed by atoms with Crippen molar-refractivity contribution in [2.45, 2.75) is 18.4 Å². The Bertz CT molecular complexity index is 441. The Morgan fingerprint density at radius 2 is 2.12 bits per heavy atom. The van der Waals surface area contributed by atoms with Gasteiger partial charge in [-0.2, -0.15) is 0 Å². The highest BCUT2D eigenvalue weighted by molar-refractivity contribution is 9.10. The van der Waals surface area contributed by atoms with Crippen LogP contribution in [0.25, 0.3) is 0 Å². The molecule has 5 heteroatoms. The molecule has 0 saturated heterocycles. The molecule has 0 amide bonds. The number of hydrogen-bond donors (Lipinski definition) is 2. The number of benzene rings is 1. The van der Waals surface area contributed by atoms with Gasteiger partial charge in [-0.3, -0.25) is 4.79 Å². The van der Waals surface area contributed by atoms with E-state index in [1.165, 1.54) is 18.2 Å². The molecule has 1 aliphatic rings. The number of halogens is 2. The van der Waals surface area contributed by atoms with E-state index in [0.717, 1.165) is 0 Å². The Morgan fingerprint density at radius 3 is 2.69 bits per heavy atom. The monoisotopic (exact) mass is 288 g/mol. The van der Waals surface area contributed by atoms with Crippen LogP contribution in [-0.4, -0.2) is 16.2 Å². The zero-order valence-electron chi connectivity index (χ0n) is 8.28. The molecule has 1 saturated carbocycles. The molecule has 0 unspecified atom stereocenters. The first kappa shape index (κ1) is 11.5. The van der Waals surface area contributed by atoms with Gasteiger partial charge in [0.1, 0.15) is 5.82 Å². The molecule has 2 rings (SSSR count). The second kappa shape index (κ2) is 3.82.